The third-order valence-electron chi connectivity index (χ3n) is 3.38. The number of hydrogen-bond acceptors (Lipinski definition) is 6. The molecule has 2 heterocycles. The Bertz CT molecular complexity index is 855. The highest BCUT2D eigenvalue weighted by Gasteiger charge is 2.45. The lowest BCUT2D eigenvalue weighted by Gasteiger charge is -2.05. The summed E-state index contributed by atoms with van der Waals surface area (Å²) in [5.74, 6) is -0.602. The van der Waals surface area contributed by atoms with Crippen molar-refractivity contribution in [2.45, 2.75) is 12.6 Å². The topological polar surface area (TPSA) is 61.6 Å². The minimum absolute atomic E-state index is 0.128. The molecule has 0 spiro atoms. The molecule has 26 heavy (non-hydrogen) atoms. The van der Waals surface area contributed by atoms with Gasteiger partial charge in [-0.3, -0.25) is 0 Å². The van der Waals surface area contributed by atoms with Crippen LogP contribution in [0, 0.1) is 0 Å². The zero-order chi connectivity index (χ0) is 18.4. The summed E-state index contributed by atoms with van der Waals surface area (Å²) in [4.78, 5) is 0. The van der Waals surface area contributed by atoms with Crippen molar-refractivity contribution < 1.29 is 36.5 Å². The molecule has 6 nitrogen and oxygen atoms in total. The van der Waals surface area contributed by atoms with Crippen LogP contribution >= 0.6 is 0 Å². The van der Waals surface area contributed by atoms with Gasteiger partial charge in [0.15, 0.2) is 23.0 Å². The summed E-state index contributed by atoms with van der Waals surface area (Å²) in [5, 5.41) is 7.41. The lowest BCUT2D eigenvalue weighted by atomic mass is 10.2. The molecule has 0 saturated heterocycles. The Hall–Kier alpha value is -3.30. The molecule has 0 amide bonds. The van der Waals surface area contributed by atoms with Crippen molar-refractivity contribution in [2.24, 2.45) is 10.2 Å². The van der Waals surface area contributed by atoms with Crippen LogP contribution in [0.25, 0.3) is 0 Å². The van der Waals surface area contributed by atoms with E-state index in [4.69, 9.17) is 0 Å². The first-order valence-corrected chi connectivity index (χ1v) is 7.17. The molecule has 4 rings (SSSR count). The van der Waals surface area contributed by atoms with Gasteiger partial charge in [-0.2, -0.15) is 10.2 Å². The maximum Gasteiger partial charge on any atom is 0.586 e. The van der Waals surface area contributed by atoms with Gasteiger partial charge in [0.2, 0.25) is 0 Å². The van der Waals surface area contributed by atoms with Gasteiger partial charge >= 0.3 is 12.6 Å². The number of hydrogen-bond donors (Lipinski definition) is 0. The summed E-state index contributed by atoms with van der Waals surface area (Å²) in [6.45, 7) is 0. The molecule has 2 aromatic carbocycles. The van der Waals surface area contributed by atoms with Crippen molar-refractivity contribution in [3.63, 3.8) is 0 Å². The molecule has 134 valence electrons. The van der Waals surface area contributed by atoms with Crippen LogP contribution in [-0.2, 0) is 0 Å². The molecule has 0 radical (unpaired) electrons. The van der Waals surface area contributed by atoms with Gasteiger partial charge in [0.25, 0.3) is 0 Å². The summed E-state index contributed by atoms with van der Waals surface area (Å²) in [6.07, 6.45) is -5.17. The number of fused-ring (bicyclic) bond motifs is 2. The molecule has 0 aromatic heterocycles. The normalized spacial score (nSPS) is 18.8. The van der Waals surface area contributed by atoms with Gasteiger partial charge in [-0.25, -0.2) is 0 Å². The van der Waals surface area contributed by atoms with E-state index < -0.39 is 12.6 Å². The van der Waals surface area contributed by atoms with Gasteiger partial charge in [0.05, 0.1) is 12.4 Å². The second kappa shape index (κ2) is 5.61. The number of nitrogens with zero attached hydrogens (tertiary/aromatic N) is 2. The average molecular weight is 368 g/mol. The average Bonchev–Trinajstić information content (AvgIpc) is 3.05. The molecule has 0 N–H and O–H groups in total. The fraction of sp³-hybridized carbons (Fsp3) is 0.125. The third kappa shape index (κ3) is 3.01. The number of para-hydroxylation sites is 2. The van der Waals surface area contributed by atoms with E-state index in [0.29, 0.717) is 0 Å². The van der Waals surface area contributed by atoms with E-state index in [-0.39, 0.29) is 34.1 Å². The quantitative estimate of drug-likeness (QED) is 0.470. The maximum absolute atomic E-state index is 13.1. The minimum Gasteiger partial charge on any atom is -0.395 e. The van der Waals surface area contributed by atoms with Gasteiger partial charge in [0.1, 0.15) is 0 Å². The highest BCUT2D eigenvalue weighted by molar-refractivity contribution is 5.88. The molecule has 2 aliphatic heterocycles. The number of ether oxygens (including phenoxy) is 4. The summed E-state index contributed by atoms with van der Waals surface area (Å²) in [6, 6.07) is 8.54. The van der Waals surface area contributed by atoms with Crippen LogP contribution < -0.4 is 18.9 Å². The van der Waals surface area contributed by atoms with Gasteiger partial charge < -0.3 is 18.9 Å². The molecule has 0 saturated carbocycles. The van der Waals surface area contributed by atoms with Crippen LogP contribution in [0.5, 0.6) is 23.0 Å². The fourth-order valence-electron chi connectivity index (χ4n) is 2.37. The van der Waals surface area contributed by atoms with E-state index >= 15 is 0 Å². The Kier molecular flexibility index (Phi) is 3.49. The van der Waals surface area contributed by atoms with E-state index in [1.54, 1.807) is 0 Å². The van der Waals surface area contributed by atoms with Crippen LogP contribution in [-0.4, -0.2) is 25.0 Å². The van der Waals surface area contributed by atoms with Crippen LogP contribution in [0.15, 0.2) is 46.6 Å². The fourth-order valence-corrected chi connectivity index (χ4v) is 2.37. The standard InChI is InChI=1S/C16H8F4N2O4/c17-15(18)23-11-5-1-3-9(13(11)25-15)7-21-22-8-10-4-2-6-12-14(10)26-16(19,20)24-12/h1-8H/b21-7-,22-8-. The van der Waals surface area contributed by atoms with Crippen molar-refractivity contribution in [2.75, 3.05) is 0 Å². The van der Waals surface area contributed by atoms with Crippen molar-refractivity contribution in [3.05, 3.63) is 47.5 Å². The summed E-state index contributed by atoms with van der Waals surface area (Å²) in [5.41, 5.74) is 0.419. The van der Waals surface area contributed by atoms with E-state index in [2.05, 4.69) is 29.2 Å². The Morgan fingerprint density at radius 2 is 1.08 bits per heavy atom. The highest BCUT2D eigenvalue weighted by Crippen LogP contribution is 2.43. The van der Waals surface area contributed by atoms with E-state index in [1.165, 1.54) is 36.4 Å². The Morgan fingerprint density at radius 3 is 1.50 bits per heavy atom. The third-order valence-corrected chi connectivity index (χ3v) is 3.38. The number of benzene rings is 2. The monoisotopic (exact) mass is 368 g/mol. The lowest BCUT2D eigenvalue weighted by Crippen LogP contribution is -2.26. The van der Waals surface area contributed by atoms with E-state index in [9.17, 15) is 17.6 Å². The van der Waals surface area contributed by atoms with Crippen LogP contribution in [0.1, 0.15) is 11.1 Å². The molecule has 0 atom stereocenters. The van der Waals surface area contributed by atoms with Crippen molar-refractivity contribution in [1.82, 2.24) is 0 Å². The molecular formula is C16H8F4N2O4. The van der Waals surface area contributed by atoms with Crippen LogP contribution in [0.3, 0.4) is 0 Å². The van der Waals surface area contributed by atoms with Gasteiger partial charge in [-0.15, -0.1) is 17.6 Å². The molecule has 0 fully saturated rings. The highest BCUT2D eigenvalue weighted by atomic mass is 19.3. The molecule has 10 heteroatoms. The summed E-state index contributed by atoms with van der Waals surface area (Å²) < 4.78 is 69.9. The van der Waals surface area contributed by atoms with E-state index in [1.807, 2.05) is 0 Å². The second-order valence-electron chi connectivity index (χ2n) is 5.17. The number of halogens is 4. The first kappa shape index (κ1) is 16.2. The Balaban J connectivity index is 1.54. The summed E-state index contributed by atoms with van der Waals surface area (Å²) >= 11 is 0. The number of alkyl halides is 4. The van der Waals surface area contributed by atoms with Crippen molar-refractivity contribution >= 4 is 12.4 Å². The largest absolute Gasteiger partial charge is 0.586 e. The van der Waals surface area contributed by atoms with E-state index in [0.717, 1.165) is 12.4 Å². The first-order valence-electron chi connectivity index (χ1n) is 7.17. The predicted octanol–water partition coefficient (Wildman–Crippen LogP) is 3.78. The van der Waals surface area contributed by atoms with Crippen LogP contribution in [0.4, 0.5) is 17.6 Å². The zero-order valence-electron chi connectivity index (χ0n) is 12.7. The molecule has 2 aromatic rings. The van der Waals surface area contributed by atoms with Crippen molar-refractivity contribution in [3.8, 4) is 23.0 Å². The number of rotatable bonds is 3. The molecule has 2 aliphatic rings. The van der Waals surface area contributed by atoms with Gasteiger partial charge in [0, 0.05) is 11.1 Å². The van der Waals surface area contributed by atoms with Gasteiger partial charge in [-0.1, -0.05) is 12.1 Å². The first-order chi connectivity index (χ1) is 12.3. The predicted molar refractivity (Wildman–Crippen MR) is 80.5 cm³/mol. The molecule has 0 aliphatic carbocycles. The van der Waals surface area contributed by atoms with Gasteiger partial charge in [-0.05, 0) is 24.3 Å². The van der Waals surface area contributed by atoms with Crippen molar-refractivity contribution in [1.29, 1.82) is 0 Å². The molecule has 0 bridgehead atoms. The maximum atomic E-state index is 13.1. The second-order valence-corrected chi connectivity index (χ2v) is 5.17. The summed E-state index contributed by atoms with van der Waals surface area (Å²) in [7, 11) is 0. The Labute approximate surface area is 143 Å². The Morgan fingerprint density at radius 1 is 0.654 bits per heavy atom. The SMILES string of the molecule is FC1(F)Oc2cccc(/C=N\N=C/c3cccc4c3OC(F)(F)O4)c2O1. The smallest absolute Gasteiger partial charge is 0.395 e. The van der Waals surface area contributed by atoms with Crippen LogP contribution in [0.2, 0.25) is 0 Å². The zero-order valence-corrected chi connectivity index (χ0v) is 12.7. The minimum atomic E-state index is -3.75. The lowest BCUT2D eigenvalue weighted by molar-refractivity contribution is -0.287. The molecule has 0 unspecified atom stereocenters. The molecular weight excluding hydrogens is 360 g/mol.